The summed E-state index contributed by atoms with van der Waals surface area (Å²) < 4.78 is 42.4. The highest BCUT2D eigenvalue weighted by Gasteiger charge is 2.34. The zero-order chi connectivity index (χ0) is 39.1. The molecule has 2 fully saturated rings. The molecule has 0 aromatic heterocycles. The third-order valence-corrected chi connectivity index (χ3v) is 11.9. The van der Waals surface area contributed by atoms with Crippen LogP contribution >= 0.6 is 0 Å². The molecule has 1 amide bonds. The van der Waals surface area contributed by atoms with Crippen molar-refractivity contribution in [2.24, 2.45) is 0 Å². The number of hydrogen-bond donors (Lipinski definition) is 4. The van der Waals surface area contributed by atoms with Crippen molar-refractivity contribution in [2.75, 3.05) is 19.6 Å². The lowest BCUT2D eigenvalue weighted by Gasteiger charge is -2.37. The molecule has 2 saturated heterocycles. The fourth-order valence-electron chi connectivity index (χ4n) is 7.32. The minimum Gasteiger partial charge on any atom is -0.392 e. The maximum atomic E-state index is 13.6. The van der Waals surface area contributed by atoms with Gasteiger partial charge in [-0.1, -0.05) is 115 Å². The first-order valence-electron chi connectivity index (χ1n) is 19.1. The van der Waals surface area contributed by atoms with Crippen LogP contribution in [-0.2, 0) is 43.9 Å². The molecule has 7 rings (SSSR count). The van der Waals surface area contributed by atoms with E-state index >= 15 is 0 Å². The first-order valence-corrected chi connectivity index (χ1v) is 20.6. The molecule has 5 unspecified atom stereocenters. The Balaban J connectivity index is 1.03. The van der Waals surface area contributed by atoms with Crippen molar-refractivity contribution in [3.63, 3.8) is 0 Å². The minimum atomic E-state index is -3.96. The largest absolute Gasteiger partial charge is 0.392 e. The Morgan fingerprint density at radius 2 is 1.54 bits per heavy atom. The molecule has 0 radical (unpaired) electrons. The van der Waals surface area contributed by atoms with Crippen molar-refractivity contribution in [1.29, 1.82) is 0 Å². The standard InChI is InChI=1S/C45H49N3O7S/c1-31-10-20-41(21-11-31)56(52,53)47-42(25-32-6-3-2-4-7-32)44(51)46-27-34-8-5-9-38(24-34)35-16-18-37(19-17-35)45-54-40(29-48-23-22-39(50)28-48)26-43(55-45)36-14-12-33(30-49)13-15-36/h2-21,24,39-40,42-43,45,47,49-50H,22-23,25-30H2,1H3,(H,46,51). The van der Waals surface area contributed by atoms with Gasteiger partial charge in [0, 0.05) is 38.2 Å². The van der Waals surface area contributed by atoms with Crippen LogP contribution in [0.1, 0.15) is 58.6 Å². The van der Waals surface area contributed by atoms with Crippen LogP contribution in [0.5, 0.6) is 0 Å². The average molecular weight is 776 g/mol. The summed E-state index contributed by atoms with van der Waals surface area (Å²) in [5.74, 6) is -0.423. The zero-order valence-corrected chi connectivity index (χ0v) is 32.3. The van der Waals surface area contributed by atoms with Crippen LogP contribution in [-0.4, -0.2) is 67.3 Å². The third kappa shape index (κ3) is 10.2. The number of sulfonamides is 1. The Morgan fingerprint density at radius 3 is 2.23 bits per heavy atom. The van der Waals surface area contributed by atoms with Gasteiger partial charge < -0.3 is 25.0 Å². The van der Waals surface area contributed by atoms with Crippen molar-refractivity contribution in [1.82, 2.24) is 14.9 Å². The highest BCUT2D eigenvalue weighted by molar-refractivity contribution is 7.89. The summed E-state index contributed by atoms with van der Waals surface area (Å²) >= 11 is 0. The van der Waals surface area contributed by atoms with Crippen molar-refractivity contribution in [3.05, 3.63) is 161 Å². The number of likely N-dealkylation sites (tertiary alicyclic amines) is 1. The van der Waals surface area contributed by atoms with E-state index in [0.29, 0.717) is 19.5 Å². The second kappa shape index (κ2) is 18.0. The number of benzene rings is 5. The van der Waals surface area contributed by atoms with Gasteiger partial charge in [0.1, 0.15) is 6.04 Å². The number of nitrogens with one attached hydrogen (secondary N) is 2. The number of aliphatic hydroxyl groups excluding tert-OH is 2. The van der Waals surface area contributed by atoms with E-state index in [0.717, 1.165) is 57.5 Å². The maximum absolute atomic E-state index is 13.6. The number of hydrogen-bond acceptors (Lipinski definition) is 8. The molecule has 11 heteroatoms. The molecule has 2 heterocycles. The number of ether oxygens (including phenoxy) is 2. The van der Waals surface area contributed by atoms with E-state index in [1.54, 1.807) is 12.1 Å². The molecule has 0 spiro atoms. The van der Waals surface area contributed by atoms with Gasteiger partial charge in [0.05, 0.1) is 29.8 Å². The van der Waals surface area contributed by atoms with Crippen LogP contribution in [0.25, 0.3) is 11.1 Å². The summed E-state index contributed by atoms with van der Waals surface area (Å²) in [4.78, 5) is 16.0. The normalized spacial score (nSPS) is 20.8. The van der Waals surface area contributed by atoms with E-state index in [2.05, 4.69) is 14.9 Å². The Kier molecular flexibility index (Phi) is 12.7. The molecular formula is C45H49N3O7S. The second-order valence-electron chi connectivity index (χ2n) is 14.8. The monoisotopic (exact) mass is 775 g/mol. The summed E-state index contributed by atoms with van der Waals surface area (Å²) in [5.41, 5.74) is 7.33. The lowest BCUT2D eigenvalue weighted by Crippen LogP contribution is -2.47. The quantitative estimate of drug-likeness (QED) is 0.108. The van der Waals surface area contributed by atoms with Gasteiger partial charge in [-0.2, -0.15) is 4.72 Å². The highest BCUT2D eigenvalue weighted by atomic mass is 32.2. The number of aryl methyl sites for hydroxylation is 1. The van der Waals surface area contributed by atoms with Crippen molar-refractivity contribution in [2.45, 2.75) is 74.9 Å². The van der Waals surface area contributed by atoms with E-state index in [4.69, 9.17) is 9.47 Å². The van der Waals surface area contributed by atoms with Gasteiger partial charge in [0.25, 0.3) is 0 Å². The van der Waals surface area contributed by atoms with Crippen molar-refractivity contribution >= 4 is 15.9 Å². The maximum Gasteiger partial charge on any atom is 0.241 e. The van der Waals surface area contributed by atoms with Gasteiger partial charge in [-0.05, 0) is 71.3 Å². The Hall–Kier alpha value is -4.72. The molecule has 2 aliphatic rings. The molecule has 5 atom stereocenters. The van der Waals surface area contributed by atoms with E-state index in [9.17, 15) is 23.4 Å². The molecule has 0 aliphatic carbocycles. The average Bonchev–Trinajstić information content (AvgIpc) is 3.64. The smallest absolute Gasteiger partial charge is 0.241 e. The summed E-state index contributed by atoms with van der Waals surface area (Å²) in [7, 11) is -3.96. The summed E-state index contributed by atoms with van der Waals surface area (Å²) in [6.45, 7) is 4.25. The first kappa shape index (κ1) is 39.5. The van der Waals surface area contributed by atoms with Crippen LogP contribution < -0.4 is 10.0 Å². The Morgan fingerprint density at radius 1 is 0.821 bits per heavy atom. The molecule has 2 aliphatic heterocycles. The number of nitrogens with zero attached hydrogens (tertiary/aromatic N) is 1. The summed E-state index contributed by atoms with van der Waals surface area (Å²) in [6, 6.07) is 38.7. The number of β-amino-alcohol motifs (C(OH)–C–C–N with tert-alkyl or cyclic N) is 1. The molecule has 10 nitrogen and oxygen atoms in total. The lowest BCUT2D eigenvalue weighted by atomic mass is 9.99. The highest BCUT2D eigenvalue weighted by Crippen LogP contribution is 2.39. The van der Waals surface area contributed by atoms with E-state index < -0.39 is 28.3 Å². The molecule has 5 aromatic rings. The Labute approximate surface area is 329 Å². The second-order valence-corrected chi connectivity index (χ2v) is 16.5. The number of carbonyl (C=O) groups is 1. The van der Waals surface area contributed by atoms with Crippen LogP contribution in [0.4, 0.5) is 0 Å². The predicted molar refractivity (Wildman–Crippen MR) is 215 cm³/mol. The molecule has 4 N–H and O–H groups in total. The fraction of sp³-hybridized carbons (Fsp3) is 0.311. The molecule has 0 saturated carbocycles. The van der Waals surface area contributed by atoms with E-state index in [1.807, 2.05) is 110 Å². The molecule has 292 valence electrons. The first-order chi connectivity index (χ1) is 27.1. The van der Waals surface area contributed by atoms with E-state index in [1.165, 1.54) is 12.1 Å². The SMILES string of the molecule is Cc1ccc(S(=O)(=O)NC(Cc2ccccc2)C(=O)NCc2cccc(-c3ccc(C4OC(CN5CCC(O)C5)CC(c5ccc(CO)cc5)O4)cc3)c2)cc1. The molecule has 56 heavy (non-hydrogen) atoms. The fourth-order valence-corrected chi connectivity index (χ4v) is 8.51. The summed E-state index contributed by atoms with van der Waals surface area (Å²) in [5, 5.41) is 22.6. The lowest BCUT2D eigenvalue weighted by molar-refractivity contribution is -0.252. The van der Waals surface area contributed by atoms with Crippen molar-refractivity contribution in [3.8, 4) is 11.1 Å². The third-order valence-electron chi connectivity index (χ3n) is 10.5. The van der Waals surface area contributed by atoms with Gasteiger partial charge in [-0.25, -0.2) is 8.42 Å². The van der Waals surface area contributed by atoms with Crippen LogP contribution in [0.3, 0.4) is 0 Å². The topological polar surface area (TPSA) is 137 Å². The zero-order valence-electron chi connectivity index (χ0n) is 31.5. The van der Waals surface area contributed by atoms with Crippen molar-refractivity contribution < 1.29 is 32.9 Å². The minimum absolute atomic E-state index is 0.0184. The van der Waals surface area contributed by atoms with Gasteiger partial charge in [0.15, 0.2) is 6.29 Å². The predicted octanol–water partition coefficient (Wildman–Crippen LogP) is 5.97. The molecular weight excluding hydrogens is 727 g/mol. The number of carbonyl (C=O) groups excluding carboxylic acids is 1. The van der Waals surface area contributed by atoms with Gasteiger partial charge in [-0.3, -0.25) is 9.69 Å². The van der Waals surface area contributed by atoms with Gasteiger partial charge in [-0.15, -0.1) is 0 Å². The Bertz CT molecular complexity index is 2160. The van der Waals surface area contributed by atoms with E-state index in [-0.39, 0.29) is 42.8 Å². The number of amides is 1. The van der Waals surface area contributed by atoms with Gasteiger partial charge in [0.2, 0.25) is 15.9 Å². The van der Waals surface area contributed by atoms with Crippen LogP contribution in [0.15, 0.2) is 132 Å². The van der Waals surface area contributed by atoms with Crippen LogP contribution in [0, 0.1) is 6.92 Å². The number of rotatable bonds is 14. The van der Waals surface area contributed by atoms with Crippen LogP contribution in [0.2, 0.25) is 0 Å². The molecule has 0 bridgehead atoms. The molecule has 5 aromatic carbocycles. The summed E-state index contributed by atoms with van der Waals surface area (Å²) in [6.07, 6.45) is 0.433. The number of aliphatic hydroxyl groups is 2. The van der Waals surface area contributed by atoms with Gasteiger partial charge >= 0.3 is 0 Å².